The maximum atomic E-state index is 5.06. The highest BCUT2D eigenvalue weighted by Crippen LogP contribution is 2.21. The van der Waals surface area contributed by atoms with Gasteiger partial charge >= 0.3 is 0 Å². The summed E-state index contributed by atoms with van der Waals surface area (Å²) in [6.07, 6.45) is 3.83. The van der Waals surface area contributed by atoms with Crippen LogP contribution in [0, 0.1) is 10.6 Å². The SMILES string of the molecule is Cc1cc(-c2ccn3c(I)cnc3c2)no1. The van der Waals surface area contributed by atoms with Gasteiger partial charge in [0, 0.05) is 17.8 Å². The lowest BCUT2D eigenvalue weighted by Crippen LogP contribution is -1.87. The van der Waals surface area contributed by atoms with Crippen LogP contribution in [-0.4, -0.2) is 14.5 Å². The molecule has 3 rings (SSSR count). The number of rotatable bonds is 1. The third-order valence-corrected chi connectivity index (χ3v) is 3.19. The van der Waals surface area contributed by atoms with Gasteiger partial charge in [-0.15, -0.1) is 0 Å². The van der Waals surface area contributed by atoms with Crippen LogP contribution in [0.15, 0.2) is 35.1 Å². The van der Waals surface area contributed by atoms with E-state index in [4.69, 9.17) is 4.52 Å². The van der Waals surface area contributed by atoms with Crippen LogP contribution in [0.2, 0.25) is 0 Å². The van der Waals surface area contributed by atoms with Crippen molar-refractivity contribution in [2.75, 3.05) is 0 Å². The molecule has 0 N–H and O–H groups in total. The minimum Gasteiger partial charge on any atom is -0.361 e. The number of halogens is 1. The van der Waals surface area contributed by atoms with Gasteiger partial charge in [0.1, 0.15) is 20.8 Å². The molecule has 0 amide bonds. The normalized spacial score (nSPS) is 11.1. The number of hydrogen-bond acceptors (Lipinski definition) is 3. The minimum atomic E-state index is 0.813. The van der Waals surface area contributed by atoms with E-state index in [2.05, 4.69) is 32.7 Å². The lowest BCUT2D eigenvalue weighted by molar-refractivity contribution is 0.399. The fraction of sp³-hybridized carbons (Fsp3) is 0.0909. The van der Waals surface area contributed by atoms with Gasteiger partial charge in [-0.05, 0) is 41.6 Å². The van der Waals surface area contributed by atoms with Gasteiger partial charge < -0.3 is 4.52 Å². The van der Waals surface area contributed by atoms with Crippen LogP contribution < -0.4 is 0 Å². The van der Waals surface area contributed by atoms with Gasteiger partial charge in [0.05, 0.1) is 6.20 Å². The Hall–Kier alpha value is -1.37. The fourth-order valence-electron chi connectivity index (χ4n) is 1.61. The predicted molar refractivity (Wildman–Crippen MR) is 68.1 cm³/mol. The molecule has 16 heavy (non-hydrogen) atoms. The zero-order valence-corrected chi connectivity index (χ0v) is 10.7. The van der Waals surface area contributed by atoms with Crippen LogP contribution in [0.25, 0.3) is 16.9 Å². The second kappa shape index (κ2) is 3.58. The summed E-state index contributed by atoms with van der Waals surface area (Å²) in [6.45, 7) is 1.88. The smallest absolute Gasteiger partial charge is 0.138 e. The molecule has 0 bridgehead atoms. The quantitative estimate of drug-likeness (QED) is 0.646. The first-order valence-corrected chi connectivity index (χ1v) is 5.88. The Balaban J connectivity index is 2.18. The molecule has 0 aliphatic heterocycles. The Kier molecular flexibility index (Phi) is 2.20. The van der Waals surface area contributed by atoms with E-state index < -0.39 is 0 Å². The van der Waals surface area contributed by atoms with E-state index in [1.54, 1.807) is 0 Å². The highest BCUT2D eigenvalue weighted by molar-refractivity contribution is 14.1. The second-order valence-electron chi connectivity index (χ2n) is 3.55. The first-order chi connectivity index (χ1) is 7.74. The van der Waals surface area contributed by atoms with Crippen molar-refractivity contribution in [3.63, 3.8) is 0 Å². The van der Waals surface area contributed by atoms with Crippen molar-refractivity contribution >= 4 is 28.2 Å². The van der Waals surface area contributed by atoms with Crippen LogP contribution in [0.1, 0.15) is 5.76 Å². The monoisotopic (exact) mass is 325 g/mol. The average molecular weight is 325 g/mol. The summed E-state index contributed by atoms with van der Waals surface area (Å²) in [7, 11) is 0. The molecule has 0 aliphatic carbocycles. The van der Waals surface area contributed by atoms with Crippen molar-refractivity contribution in [2.45, 2.75) is 6.92 Å². The zero-order valence-electron chi connectivity index (χ0n) is 8.51. The Morgan fingerprint density at radius 1 is 1.38 bits per heavy atom. The summed E-state index contributed by atoms with van der Waals surface area (Å²) in [5, 5.41) is 3.99. The molecule has 3 aromatic heterocycles. The molecular weight excluding hydrogens is 317 g/mol. The number of aromatic nitrogens is 3. The third-order valence-electron chi connectivity index (χ3n) is 2.39. The van der Waals surface area contributed by atoms with Crippen LogP contribution in [-0.2, 0) is 0 Å². The highest BCUT2D eigenvalue weighted by Gasteiger charge is 2.06. The van der Waals surface area contributed by atoms with Gasteiger partial charge in [0.2, 0.25) is 0 Å². The van der Waals surface area contributed by atoms with Gasteiger partial charge in [-0.1, -0.05) is 5.16 Å². The van der Waals surface area contributed by atoms with Gasteiger partial charge in [-0.3, -0.25) is 4.40 Å². The summed E-state index contributed by atoms with van der Waals surface area (Å²) in [5.74, 6) is 0.813. The summed E-state index contributed by atoms with van der Waals surface area (Å²) in [6, 6.07) is 5.92. The Labute approximate surface area is 105 Å². The molecule has 0 saturated heterocycles. The zero-order chi connectivity index (χ0) is 11.1. The molecule has 0 atom stereocenters. The summed E-state index contributed by atoms with van der Waals surface area (Å²) < 4.78 is 8.18. The summed E-state index contributed by atoms with van der Waals surface area (Å²) in [4.78, 5) is 4.31. The van der Waals surface area contributed by atoms with E-state index in [-0.39, 0.29) is 0 Å². The Morgan fingerprint density at radius 2 is 2.25 bits per heavy atom. The summed E-state index contributed by atoms with van der Waals surface area (Å²) in [5.41, 5.74) is 2.78. The van der Waals surface area contributed by atoms with Crippen LogP contribution in [0.5, 0.6) is 0 Å². The lowest BCUT2D eigenvalue weighted by atomic mass is 10.2. The van der Waals surface area contributed by atoms with E-state index >= 15 is 0 Å². The fourth-order valence-corrected chi connectivity index (χ4v) is 2.16. The molecule has 0 aliphatic rings. The maximum Gasteiger partial charge on any atom is 0.138 e. The number of aryl methyl sites for hydroxylation is 1. The van der Waals surface area contributed by atoms with Gasteiger partial charge in [0.15, 0.2) is 0 Å². The van der Waals surface area contributed by atoms with Crippen molar-refractivity contribution in [1.82, 2.24) is 14.5 Å². The van der Waals surface area contributed by atoms with E-state index in [0.717, 1.165) is 26.4 Å². The van der Waals surface area contributed by atoms with Crippen molar-refractivity contribution in [2.24, 2.45) is 0 Å². The molecule has 0 radical (unpaired) electrons. The molecular formula is C11H8IN3O. The molecule has 3 heterocycles. The average Bonchev–Trinajstić information content (AvgIpc) is 2.86. The third kappa shape index (κ3) is 1.51. The van der Waals surface area contributed by atoms with Crippen molar-refractivity contribution in [1.29, 1.82) is 0 Å². The largest absolute Gasteiger partial charge is 0.361 e. The topological polar surface area (TPSA) is 43.3 Å². The molecule has 0 saturated carbocycles. The van der Waals surface area contributed by atoms with Gasteiger partial charge in [-0.2, -0.15) is 0 Å². The highest BCUT2D eigenvalue weighted by atomic mass is 127. The van der Waals surface area contributed by atoms with Crippen LogP contribution >= 0.6 is 22.6 Å². The Morgan fingerprint density at radius 3 is 3.00 bits per heavy atom. The first-order valence-electron chi connectivity index (χ1n) is 4.80. The molecule has 0 fully saturated rings. The molecule has 0 spiro atoms. The first kappa shape index (κ1) is 9.83. The number of fused-ring (bicyclic) bond motifs is 1. The molecule has 0 aromatic carbocycles. The van der Waals surface area contributed by atoms with E-state index in [1.807, 2.05) is 41.9 Å². The summed E-state index contributed by atoms with van der Waals surface area (Å²) >= 11 is 2.25. The van der Waals surface area contributed by atoms with Gasteiger partial charge in [-0.25, -0.2) is 4.98 Å². The molecule has 80 valence electrons. The van der Waals surface area contributed by atoms with Crippen LogP contribution in [0.4, 0.5) is 0 Å². The lowest BCUT2D eigenvalue weighted by Gasteiger charge is -1.98. The van der Waals surface area contributed by atoms with E-state index in [1.165, 1.54) is 0 Å². The number of pyridine rings is 1. The van der Waals surface area contributed by atoms with Crippen molar-refractivity contribution in [3.05, 3.63) is 40.1 Å². The van der Waals surface area contributed by atoms with E-state index in [0.29, 0.717) is 0 Å². The number of nitrogens with zero attached hydrogens (tertiary/aromatic N) is 3. The Bertz CT molecular complexity index is 656. The molecule has 5 heteroatoms. The van der Waals surface area contributed by atoms with Crippen molar-refractivity contribution < 1.29 is 4.52 Å². The number of imidazole rings is 1. The van der Waals surface area contributed by atoms with Crippen LogP contribution in [0.3, 0.4) is 0 Å². The van der Waals surface area contributed by atoms with Crippen molar-refractivity contribution in [3.8, 4) is 11.3 Å². The van der Waals surface area contributed by atoms with Gasteiger partial charge in [0.25, 0.3) is 0 Å². The standard InChI is InChI=1S/C11H8IN3O/c1-7-4-9(14-16-7)8-2-3-15-10(12)6-13-11(15)5-8/h2-6H,1H3. The number of hydrogen-bond donors (Lipinski definition) is 0. The molecule has 3 aromatic rings. The van der Waals surface area contributed by atoms with E-state index in [9.17, 15) is 0 Å². The molecule has 4 nitrogen and oxygen atoms in total. The second-order valence-corrected chi connectivity index (χ2v) is 4.65. The predicted octanol–water partition coefficient (Wildman–Crippen LogP) is 2.90. The minimum absolute atomic E-state index is 0.813. The molecule has 0 unspecified atom stereocenters. The maximum absolute atomic E-state index is 5.06.